The lowest BCUT2D eigenvalue weighted by Gasteiger charge is -2.38. The molecule has 5 rings (SSSR count). The van der Waals surface area contributed by atoms with Crippen LogP contribution in [0, 0.1) is 0 Å². The van der Waals surface area contributed by atoms with Gasteiger partial charge in [0.25, 0.3) is 0 Å². The fourth-order valence-corrected chi connectivity index (χ4v) is 7.90. The van der Waals surface area contributed by atoms with E-state index in [0.29, 0.717) is 36.7 Å². The van der Waals surface area contributed by atoms with Crippen LogP contribution in [-0.2, 0) is 22.2 Å². The van der Waals surface area contributed by atoms with E-state index >= 15 is 0 Å². The maximum atomic E-state index is 13.6. The molecule has 0 spiro atoms. The van der Waals surface area contributed by atoms with E-state index in [-0.39, 0.29) is 18.0 Å². The molecule has 2 aromatic rings. The first-order valence-corrected chi connectivity index (χ1v) is 14.0. The van der Waals surface area contributed by atoms with Crippen LogP contribution in [0.25, 0.3) is 11.5 Å². The highest BCUT2D eigenvalue weighted by Gasteiger charge is 2.38. The fourth-order valence-electron chi connectivity index (χ4n) is 5.06. The zero-order valence-corrected chi connectivity index (χ0v) is 20.2. The highest BCUT2D eigenvalue weighted by molar-refractivity contribution is 8.02. The molecule has 0 radical (unpaired) electrons. The molecule has 2 amide bonds. The summed E-state index contributed by atoms with van der Waals surface area (Å²) in [7, 11) is -1.93. The maximum Gasteiger partial charge on any atom is 0.470 e. The monoisotopic (exact) mass is 510 g/mol. The summed E-state index contributed by atoms with van der Waals surface area (Å²) >= 11 is 0. The van der Waals surface area contributed by atoms with Crippen LogP contribution in [0.3, 0.4) is 0 Å². The summed E-state index contributed by atoms with van der Waals surface area (Å²) in [6.45, 7) is 1.44. The Hall–Kier alpha value is -2.56. The number of hydrogen-bond acceptors (Lipinski definition) is 5. The van der Waals surface area contributed by atoms with Crippen molar-refractivity contribution in [3.05, 3.63) is 35.7 Å². The molecule has 1 aromatic heterocycles. The summed E-state index contributed by atoms with van der Waals surface area (Å²) in [5.41, 5.74) is 1.25. The van der Waals surface area contributed by atoms with Gasteiger partial charge in [0.1, 0.15) is 0 Å². The molecule has 2 heterocycles. The van der Waals surface area contributed by atoms with Gasteiger partial charge in [-0.15, -0.1) is 10.2 Å². The first-order chi connectivity index (χ1) is 16.7. The van der Waals surface area contributed by atoms with Gasteiger partial charge in [-0.3, -0.25) is 4.21 Å². The molecule has 1 saturated heterocycles. The van der Waals surface area contributed by atoms with Crippen molar-refractivity contribution in [2.75, 3.05) is 24.6 Å². The topological polar surface area (TPSA) is 79.5 Å². The van der Waals surface area contributed by atoms with Gasteiger partial charge >= 0.3 is 18.1 Å². The van der Waals surface area contributed by atoms with Gasteiger partial charge in [0, 0.05) is 42.7 Å². The number of rotatable bonds is 4. The van der Waals surface area contributed by atoms with E-state index < -0.39 is 21.6 Å². The number of aromatic nitrogens is 2. The molecule has 3 fully saturated rings. The molecule has 0 N–H and O–H groups in total. The zero-order chi connectivity index (χ0) is 24.6. The van der Waals surface area contributed by atoms with Crippen molar-refractivity contribution in [1.82, 2.24) is 20.0 Å². The van der Waals surface area contributed by atoms with Crippen LogP contribution in [-0.4, -0.2) is 65.7 Å². The predicted molar refractivity (Wildman–Crippen MR) is 126 cm³/mol. The molecule has 0 bridgehead atoms. The summed E-state index contributed by atoms with van der Waals surface area (Å²) in [6, 6.07) is 6.95. The number of halogens is 3. The second-order valence-corrected chi connectivity index (χ2v) is 12.6. The van der Waals surface area contributed by atoms with Gasteiger partial charge in [0.2, 0.25) is 5.89 Å². The minimum Gasteiger partial charge on any atom is -0.413 e. The highest BCUT2D eigenvalue weighted by atomic mass is 32.2. The summed E-state index contributed by atoms with van der Waals surface area (Å²) in [6.07, 6.45) is 2.44. The third-order valence-electron chi connectivity index (χ3n) is 7.32. The SMILES string of the molecule is O=C(N1CCS(=O)(=C2CCC2)CC1)N(Cc1ccc(-c2nnc(C(F)(F)F)o2)cc1)C1CCCC1. The van der Waals surface area contributed by atoms with Crippen molar-refractivity contribution >= 4 is 20.4 Å². The molecule has 7 nitrogen and oxygen atoms in total. The zero-order valence-electron chi connectivity index (χ0n) is 19.4. The van der Waals surface area contributed by atoms with Crippen LogP contribution in [0.5, 0.6) is 0 Å². The number of hydrogen-bond donors (Lipinski definition) is 0. The van der Waals surface area contributed by atoms with Crippen LogP contribution in [0.15, 0.2) is 28.7 Å². The molecule has 190 valence electrons. The lowest BCUT2D eigenvalue weighted by Crippen LogP contribution is -2.52. The Morgan fingerprint density at radius 3 is 2.26 bits per heavy atom. The maximum absolute atomic E-state index is 13.6. The molecular weight excluding hydrogens is 481 g/mol. The van der Waals surface area contributed by atoms with E-state index in [1.54, 1.807) is 24.3 Å². The molecule has 2 saturated carbocycles. The molecule has 2 aliphatic carbocycles. The molecule has 11 heteroatoms. The van der Waals surface area contributed by atoms with Crippen LogP contribution >= 0.6 is 0 Å². The van der Waals surface area contributed by atoms with Gasteiger partial charge in [-0.1, -0.05) is 25.0 Å². The van der Waals surface area contributed by atoms with Gasteiger partial charge in [0.15, 0.2) is 0 Å². The third kappa shape index (κ3) is 5.05. The van der Waals surface area contributed by atoms with Crippen LogP contribution in [0.2, 0.25) is 0 Å². The van der Waals surface area contributed by atoms with E-state index in [9.17, 15) is 22.2 Å². The van der Waals surface area contributed by atoms with Crippen molar-refractivity contribution in [3.63, 3.8) is 0 Å². The van der Waals surface area contributed by atoms with Crippen molar-refractivity contribution < 1.29 is 26.6 Å². The van der Waals surface area contributed by atoms with Gasteiger partial charge in [-0.2, -0.15) is 13.2 Å². The minimum absolute atomic E-state index is 0.0206. The second kappa shape index (κ2) is 9.48. The van der Waals surface area contributed by atoms with Gasteiger partial charge in [-0.25, -0.2) is 4.79 Å². The third-order valence-corrected chi connectivity index (χ3v) is 10.5. The largest absolute Gasteiger partial charge is 0.470 e. The standard InChI is InChI=1S/C24H29F3N4O3S/c25-24(26,27)22-29-28-21(34-22)18-10-8-17(9-11-18)16-31(19-4-1-2-5-19)23(32)30-12-14-35(33,15-13-30)20-6-3-7-20/h8-11,19H,1-7,12-16H2. The Morgan fingerprint density at radius 2 is 1.71 bits per heavy atom. The van der Waals surface area contributed by atoms with Gasteiger partial charge < -0.3 is 14.2 Å². The average Bonchev–Trinajstić information content (AvgIpc) is 3.49. The van der Waals surface area contributed by atoms with Crippen LogP contribution < -0.4 is 0 Å². The number of alkyl halides is 3. The Labute approximate surface area is 202 Å². The summed E-state index contributed by atoms with van der Waals surface area (Å²) < 4.78 is 56.2. The number of carbonyl (C=O) groups is 1. The first-order valence-electron chi connectivity index (χ1n) is 12.1. The van der Waals surface area contributed by atoms with Crippen molar-refractivity contribution in [2.24, 2.45) is 0 Å². The Balaban J connectivity index is 1.29. The van der Waals surface area contributed by atoms with Gasteiger partial charge in [0.05, 0.1) is 0 Å². The number of amides is 2. The lowest BCUT2D eigenvalue weighted by atomic mass is 10.0. The highest BCUT2D eigenvalue weighted by Crippen LogP contribution is 2.31. The normalized spacial score (nSPS) is 20.7. The van der Waals surface area contributed by atoms with E-state index in [1.165, 1.54) is 4.86 Å². The first kappa shape index (κ1) is 24.1. The minimum atomic E-state index is -4.69. The summed E-state index contributed by atoms with van der Waals surface area (Å²) in [5, 5.41) is 6.57. The second-order valence-electron chi connectivity index (χ2n) is 9.56. The Kier molecular flexibility index (Phi) is 6.54. The molecule has 0 atom stereocenters. The Bertz CT molecular complexity index is 1180. The summed E-state index contributed by atoms with van der Waals surface area (Å²) in [4.78, 5) is 18.5. The predicted octanol–water partition coefficient (Wildman–Crippen LogP) is 4.58. The quantitative estimate of drug-likeness (QED) is 0.563. The number of benzene rings is 1. The number of urea groups is 1. The molecule has 0 unspecified atom stereocenters. The number of carbonyl (C=O) groups excluding carboxylic acids is 1. The summed E-state index contributed by atoms with van der Waals surface area (Å²) in [5.74, 6) is -0.457. The Morgan fingerprint density at radius 1 is 1.06 bits per heavy atom. The van der Waals surface area contributed by atoms with E-state index in [4.69, 9.17) is 4.42 Å². The van der Waals surface area contributed by atoms with Crippen LogP contribution in [0.1, 0.15) is 56.4 Å². The molecule has 35 heavy (non-hydrogen) atoms. The number of nitrogens with zero attached hydrogens (tertiary/aromatic N) is 4. The molecule has 1 aliphatic heterocycles. The molecular formula is C24H29F3N4O3S. The van der Waals surface area contributed by atoms with Gasteiger partial charge in [-0.05, 0) is 64.2 Å². The van der Waals surface area contributed by atoms with Crippen molar-refractivity contribution in [3.8, 4) is 11.5 Å². The van der Waals surface area contributed by atoms with E-state index in [2.05, 4.69) is 10.2 Å². The molecule has 1 aromatic carbocycles. The smallest absolute Gasteiger partial charge is 0.413 e. The fraction of sp³-hybridized carbons (Fsp3) is 0.583. The van der Waals surface area contributed by atoms with E-state index in [1.807, 2.05) is 9.80 Å². The van der Waals surface area contributed by atoms with E-state index in [0.717, 1.165) is 50.5 Å². The molecule has 3 aliphatic rings. The lowest BCUT2D eigenvalue weighted by molar-refractivity contribution is -0.156. The van der Waals surface area contributed by atoms with Crippen LogP contribution in [0.4, 0.5) is 18.0 Å². The van der Waals surface area contributed by atoms with Crippen molar-refractivity contribution in [2.45, 2.75) is 63.7 Å². The average molecular weight is 511 g/mol. The van der Waals surface area contributed by atoms with Crippen molar-refractivity contribution in [1.29, 1.82) is 0 Å².